The summed E-state index contributed by atoms with van der Waals surface area (Å²) in [4.78, 5) is 4.68. The van der Waals surface area contributed by atoms with E-state index >= 15 is 0 Å². The van der Waals surface area contributed by atoms with Gasteiger partial charge in [-0.05, 0) is 12.3 Å². The summed E-state index contributed by atoms with van der Waals surface area (Å²) in [6.07, 6.45) is 1.06. The van der Waals surface area contributed by atoms with E-state index in [4.69, 9.17) is 5.73 Å². The van der Waals surface area contributed by atoms with Gasteiger partial charge >= 0.3 is 0 Å². The van der Waals surface area contributed by atoms with Crippen molar-refractivity contribution in [3.63, 3.8) is 0 Å². The first kappa shape index (κ1) is 11.4. The van der Waals surface area contributed by atoms with E-state index < -0.39 is 0 Å². The Labute approximate surface area is 99.7 Å². The zero-order valence-electron chi connectivity index (χ0n) is 9.49. The van der Waals surface area contributed by atoms with Crippen LogP contribution in [0.25, 0.3) is 0 Å². The summed E-state index contributed by atoms with van der Waals surface area (Å²) >= 11 is 3.68. The van der Waals surface area contributed by atoms with E-state index in [0.29, 0.717) is 11.2 Å². The highest BCUT2D eigenvalue weighted by molar-refractivity contribution is 8.00. The molecule has 0 amide bonds. The summed E-state index contributed by atoms with van der Waals surface area (Å²) < 4.78 is 0. The number of rotatable bonds is 2. The predicted molar refractivity (Wildman–Crippen MR) is 68.6 cm³/mol. The Bertz CT molecular complexity index is 348. The second-order valence-electron chi connectivity index (χ2n) is 4.71. The van der Waals surface area contributed by atoms with Crippen molar-refractivity contribution in [3.05, 3.63) is 16.1 Å². The SMILES string of the molecule is CC1CC(N)(c2nc(C(C)C)cs2)CS1. The van der Waals surface area contributed by atoms with Crippen molar-refractivity contribution in [2.75, 3.05) is 5.75 Å². The van der Waals surface area contributed by atoms with Gasteiger partial charge in [-0.15, -0.1) is 11.3 Å². The maximum Gasteiger partial charge on any atom is 0.114 e. The molecule has 15 heavy (non-hydrogen) atoms. The van der Waals surface area contributed by atoms with Crippen LogP contribution in [0.3, 0.4) is 0 Å². The van der Waals surface area contributed by atoms with E-state index in [0.717, 1.165) is 17.2 Å². The molecule has 0 bridgehead atoms. The van der Waals surface area contributed by atoms with Crippen LogP contribution in [0.4, 0.5) is 0 Å². The average Bonchev–Trinajstić information content (AvgIpc) is 2.73. The smallest absolute Gasteiger partial charge is 0.114 e. The van der Waals surface area contributed by atoms with Crippen molar-refractivity contribution in [3.8, 4) is 0 Å². The van der Waals surface area contributed by atoms with Gasteiger partial charge in [0.2, 0.25) is 0 Å². The Morgan fingerprint density at radius 3 is 2.80 bits per heavy atom. The van der Waals surface area contributed by atoms with Crippen LogP contribution in [-0.4, -0.2) is 16.0 Å². The molecule has 84 valence electrons. The number of aromatic nitrogens is 1. The molecular weight excluding hydrogens is 224 g/mol. The molecule has 2 N–H and O–H groups in total. The highest BCUT2D eigenvalue weighted by atomic mass is 32.2. The lowest BCUT2D eigenvalue weighted by Gasteiger charge is -2.19. The van der Waals surface area contributed by atoms with Gasteiger partial charge in [-0.2, -0.15) is 11.8 Å². The summed E-state index contributed by atoms with van der Waals surface area (Å²) in [6, 6.07) is 0. The quantitative estimate of drug-likeness (QED) is 0.866. The second-order valence-corrected chi connectivity index (χ2v) is 7.00. The van der Waals surface area contributed by atoms with Gasteiger partial charge in [-0.3, -0.25) is 0 Å². The van der Waals surface area contributed by atoms with Crippen LogP contribution in [-0.2, 0) is 5.54 Å². The van der Waals surface area contributed by atoms with Gasteiger partial charge in [0.1, 0.15) is 5.01 Å². The topological polar surface area (TPSA) is 38.9 Å². The lowest BCUT2D eigenvalue weighted by molar-refractivity contribution is 0.480. The molecule has 0 radical (unpaired) electrons. The molecule has 1 fully saturated rings. The normalized spacial score (nSPS) is 31.4. The van der Waals surface area contributed by atoms with Crippen molar-refractivity contribution in [2.45, 2.75) is 43.9 Å². The maximum atomic E-state index is 6.41. The van der Waals surface area contributed by atoms with Crippen molar-refractivity contribution in [1.29, 1.82) is 0 Å². The molecule has 2 atom stereocenters. The standard InChI is InChI=1S/C11H18N2S2/c1-7(2)9-5-14-10(13-9)11(12)4-8(3)15-6-11/h5,7-8H,4,6,12H2,1-3H3. The molecule has 4 heteroatoms. The van der Waals surface area contributed by atoms with Crippen LogP contribution in [0.1, 0.15) is 43.8 Å². The van der Waals surface area contributed by atoms with Crippen molar-refractivity contribution < 1.29 is 0 Å². The van der Waals surface area contributed by atoms with E-state index in [1.54, 1.807) is 11.3 Å². The summed E-state index contributed by atoms with van der Waals surface area (Å²) in [5.41, 5.74) is 7.43. The van der Waals surface area contributed by atoms with E-state index in [-0.39, 0.29) is 5.54 Å². The first-order chi connectivity index (χ1) is 7.01. The van der Waals surface area contributed by atoms with Crippen LogP contribution < -0.4 is 5.73 Å². The molecule has 1 aromatic rings. The number of hydrogen-bond donors (Lipinski definition) is 1. The zero-order chi connectivity index (χ0) is 11.1. The molecule has 2 nitrogen and oxygen atoms in total. The van der Waals surface area contributed by atoms with Gasteiger partial charge in [0.25, 0.3) is 0 Å². The fourth-order valence-corrected chi connectivity index (χ4v) is 4.30. The van der Waals surface area contributed by atoms with E-state index in [9.17, 15) is 0 Å². The van der Waals surface area contributed by atoms with Crippen molar-refractivity contribution >= 4 is 23.1 Å². The molecule has 0 aliphatic carbocycles. The van der Waals surface area contributed by atoms with Crippen LogP contribution in [0.2, 0.25) is 0 Å². The fraction of sp³-hybridized carbons (Fsp3) is 0.727. The van der Waals surface area contributed by atoms with Gasteiger partial charge in [0.15, 0.2) is 0 Å². The van der Waals surface area contributed by atoms with Crippen LogP contribution in [0.5, 0.6) is 0 Å². The highest BCUT2D eigenvalue weighted by Gasteiger charge is 2.38. The molecule has 2 heterocycles. The largest absolute Gasteiger partial charge is 0.319 e. The fourth-order valence-electron chi connectivity index (χ4n) is 1.85. The van der Waals surface area contributed by atoms with Gasteiger partial charge in [-0.25, -0.2) is 4.98 Å². The van der Waals surface area contributed by atoms with Crippen LogP contribution >= 0.6 is 23.1 Å². The number of thioether (sulfide) groups is 1. The Hall–Kier alpha value is -0.0600. The molecule has 1 aliphatic rings. The first-order valence-corrected chi connectivity index (χ1v) is 7.30. The Balaban J connectivity index is 2.22. The van der Waals surface area contributed by atoms with E-state index in [1.807, 2.05) is 11.8 Å². The number of thiazole rings is 1. The molecule has 1 aromatic heterocycles. The number of nitrogens with zero attached hydrogens (tertiary/aromatic N) is 1. The third kappa shape index (κ3) is 2.22. The van der Waals surface area contributed by atoms with Gasteiger partial charge in [0, 0.05) is 16.4 Å². The van der Waals surface area contributed by atoms with E-state index in [2.05, 4.69) is 31.1 Å². The summed E-state index contributed by atoms with van der Waals surface area (Å²) in [5.74, 6) is 1.52. The first-order valence-electron chi connectivity index (χ1n) is 5.37. The van der Waals surface area contributed by atoms with Crippen LogP contribution in [0.15, 0.2) is 5.38 Å². The minimum Gasteiger partial charge on any atom is -0.319 e. The Morgan fingerprint density at radius 2 is 2.33 bits per heavy atom. The van der Waals surface area contributed by atoms with Crippen molar-refractivity contribution in [2.24, 2.45) is 5.73 Å². The number of nitrogens with two attached hydrogens (primary N) is 1. The molecule has 1 aliphatic heterocycles. The summed E-state index contributed by atoms with van der Waals surface area (Å²) in [6.45, 7) is 6.60. The minimum atomic E-state index is -0.165. The predicted octanol–water partition coefficient (Wildman–Crippen LogP) is 2.95. The molecule has 2 unspecified atom stereocenters. The molecule has 2 rings (SSSR count). The molecule has 1 saturated heterocycles. The molecular formula is C11H18N2S2. The minimum absolute atomic E-state index is 0.165. The molecule has 0 aromatic carbocycles. The van der Waals surface area contributed by atoms with Crippen molar-refractivity contribution in [1.82, 2.24) is 4.98 Å². The van der Waals surface area contributed by atoms with Crippen LogP contribution in [0, 0.1) is 0 Å². The van der Waals surface area contributed by atoms with Gasteiger partial charge in [-0.1, -0.05) is 20.8 Å². The Kier molecular flexibility index (Phi) is 3.10. The Morgan fingerprint density at radius 1 is 1.60 bits per heavy atom. The molecule has 0 spiro atoms. The third-order valence-electron chi connectivity index (χ3n) is 2.82. The average molecular weight is 242 g/mol. The maximum absolute atomic E-state index is 6.41. The van der Waals surface area contributed by atoms with Gasteiger partial charge < -0.3 is 5.73 Å². The molecule has 0 saturated carbocycles. The summed E-state index contributed by atoms with van der Waals surface area (Å²) in [7, 11) is 0. The van der Waals surface area contributed by atoms with E-state index in [1.165, 1.54) is 5.69 Å². The monoisotopic (exact) mass is 242 g/mol. The zero-order valence-corrected chi connectivity index (χ0v) is 11.1. The lowest BCUT2D eigenvalue weighted by Crippen LogP contribution is -2.36. The number of hydrogen-bond acceptors (Lipinski definition) is 4. The lowest BCUT2D eigenvalue weighted by atomic mass is 9.98. The van der Waals surface area contributed by atoms with Gasteiger partial charge in [0.05, 0.1) is 11.2 Å². The highest BCUT2D eigenvalue weighted by Crippen LogP contribution is 2.40. The second kappa shape index (κ2) is 4.07. The summed E-state index contributed by atoms with van der Waals surface area (Å²) in [5, 5.41) is 3.95. The third-order valence-corrected chi connectivity index (χ3v) is 5.31.